The van der Waals surface area contributed by atoms with E-state index in [2.05, 4.69) is 47.3 Å². The quantitative estimate of drug-likeness (QED) is 0.652. The number of nitrogens with zero attached hydrogens (tertiary/aromatic N) is 2. The van der Waals surface area contributed by atoms with E-state index in [0.29, 0.717) is 26.0 Å². The largest absolute Gasteiger partial charge is 0.480 e. The molecule has 0 amide bonds. The number of hydrogen-bond donors (Lipinski definition) is 2. The van der Waals surface area contributed by atoms with Crippen molar-refractivity contribution in [3.8, 4) is 17.0 Å². The van der Waals surface area contributed by atoms with Gasteiger partial charge in [-0.25, -0.2) is 9.59 Å². The number of rotatable bonds is 6. The number of nitrogens with one attached hydrogen (secondary N) is 1. The van der Waals surface area contributed by atoms with E-state index in [1.165, 1.54) is 0 Å². The van der Waals surface area contributed by atoms with Gasteiger partial charge in [-0.15, -0.1) is 5.10 Å². The topological polar surface area (TPSA) is 114 Å². The highest BCUT2D eigenvalue weighted by Crippen LogP contribution is 2.38. The fourth-order valence-corrected chi connectivity index (χ4v) is 3.16. The summed E-state index contributed by atoms with van der Waals surface area (Å²) in [5.74, 6) is -1.35. The third-order valence-electron chi connectivity index (χ3n) is 2.63. The van der Waals surface area contributed by atoms with Crippen LogP contribution in [0.3, 0.4) is 0 Å². The molecule has 122 valence electrons. The lowest BCUT2D eigenvalue weighted by Gasteiger charge is -2.10. The molecule has 2 aromatic rings. The third kappa shape index (κ3) is 4.08. The van der Waals surface area contributed by atoms with Crippen LogP contribution in [0.15, 0.2) is 21.1 Å². The molecule has 0 aliphatic rings. The molecule has 2 N–H and O–H groups in total. The standard InChI is InChI=1S/C13H11Br2N3O5/c1-2-22-13(21)11-10(16-18-17-11)6-3-7(14)12(8(15)4-6)23-5-9(19)20/h3-4H,2,5H2,1H3,(H,19,20)(H,16,17,18). The zero-order valence-corrected chi connectivity index (χ0v) is 15.0. The SMILES string of the molecule is CCOC(=O)c1n[nH]nc1-c1cc(Br)c(OCC(=O)O)c(Br)c1. The average Bonchev–Trinajstić information content (AvgIpc) is 2.95. The normalized spacial score (nSPS) is 10.4. The number of carbonyl (C=O) groups is 2. The van der Waals surface area contributed by atoms with E-state index in [0.717, 1.165) is 0 Å². The van der Waals surface area contributed by atoms with Crippen LogP contribution < -0.4 is 4.74 Å². The van der Waals surface area contributed by atoms with Gasteiger partial charge in [-0.05, 0) is 50.9 Å². The van der Waals surface area contributed by atoms with Crippen molar-refractivity contribution in [1.82, 2.24) is 15.4 Å². The molecule has 0 bridgehead atoms. The summed E-state index contributed by atoms with van der Waals surface area (Å²) in [6, 6.07) is 3.28. The Hall–Kier alpha value is -1.94. The molecule has 0 saturated carbocycles. The van der Waals surface area contributed by atoms with Crippen LogP contribution in [0.4, 0.5) is 0 Å². The molecular weight excluding hydrogens is 438 g/mol. The van der Waals surface area contributed by atoms with Crippen LogP contribution in [-0.2, 0) is 9.53 Å². The molecule has 23 heavy (non-hydrogen) atoms. The summed E-state index contributed by atoms with van der Waals surface area (Å²) in [6.07, 6.45) is 0. The predicted molar refractivity (Wildman–Crippen MR) is 86.3 cm³/mol. The highest BCUT2D eigenvalue weighted by atomic mass is 79.9. The third-order valence-corrected chi connectivity index (χ3v) is 3.81. The van der Waals surface area contributed by atoms with Crippen LogP contribution in [0, 0.1) is 0 Å². The van der Waals surface area contributed by atoms with Gasteiger partial charge in [0.05, 0.1) is 15.6 Å². The molecule has 0 atom stereocenters. The summed E-state index contributed by atoms with van der Waals surface area (Å²) in [4.78, 5) is 22.5. The van der Waals surface area contributed by atoms with Crippen molar-refractivity contribution in [2.24, 2.45) is 0 Å². The molecule has 2 rings (SSSR count). The smallest absolute Gasteiger partial charge is 0.361 e. The maximum atomic E-state index is 11.9. The number of carboxylic acids is 1. The number of carboxylic acid groups (broad SMARTS) is 1. The van der Waals surface area contributed by atoms with Crippen LogP contribution in [0.25, 0.3) is 11.3 Å². The number of carbonyl (C=O) groups excluding carboxylic acids is 1. The molecule has 1 aromatic heterocycles. The molecule has 0 unspecified atom stereocenters. The van der Waals surface area contributed by atoms with Crippen molar-refractivity contribution in [1.29, 1.82) is 0 Å². The summed E-state index contributed by atoms with van der Waals surface area (Å²) in [5.41, 5.74) is 0.947. The number of aliphatic carboxylic acids is 1. The molecule has 1 heterocycles. The molecule has 0 spiro atoms. The molecule has 0 aliphatic carbocycles. The first kappa shape index (κ1) is 17.4. The lowest BCUT2D eigenvalue weighted by atomic mass is 10.1. The Balaban J connectivity index is 2.37. The van der Waals surface area contributed by atoms with E-state index in [1.807, 2.05) is 0 Å². The Labute approximate surface area is 147 Å². The van der Waals surface area contributed by atoms with Gasteiger partial charge in [0.15, 0.2) is 12.3 Å². The van der Waals surface area contributed by atoms with Crippen LogP contribution in [0.1, 0.15) is 17.4 Å². The van der Waals surface area contributed by atoms with Crippen molar-refractivity contribution < 1.29 is 24.2 Å². The second-order valence-electron chi connectivity index (χ2n) is 4.19. The fraction of sp³-hybridized carbons (Fsp3) is 0.231. The first-order chi connectivity index (χ1) is 10.9. The summed E-state index contributed by atoms with van der Waals surface area (Å²) in [5, 5.41) is 18.8. The Bertz CT molecular complexity index is 724. The number of H-pyrrole nitrogens is 1. The fourth-order valence-electron chi connectivity index (χ4n) is 1.74. The van der Waals surface area contributed by atoms with Gasteiger partial charge in [0.1, 0.15) is 11.4 Å². The van der Waals surface area contributed by atoms with Crippen LogP contribution in [-0.4, -0.2) is 45.7 Å². The lowest BCUT2D eigenvalue weighted by molar-refractivity contribution is -0.139. The van der Waals surface area contributed by atoms with Crippen LogP contribution in [0.5, 0.6) is 5.75 Å². The number of ether oxygens (including phenoxy) is 2. The zero-order valence-electron chi connectivity index (χ0n) is 11.8. The van der Waals surface area contributed by atoms with Crippen LogP contribution in [0.2, 0.25) is 0 Å². The maximum Gasteiger partial charge on any atom is 0.361 e. The molecule has 0 saturated heterocycles. The van der Waals surface area contributed by atoms with E-state index < -0.39 is 18.5 Å². The van der Waals surface area contributed by atoms with E-state index in [-0.39, 0.29) is 12.3 Å². The summed E-state index contributed by atoms with van der Waals surface area (Å²) >= 11 is 6.61. The van der Waals surface area contributed by atoms with Crippen molar-refractivity contribution in [2.75, 3.05) is 13.2 Å². The molecule has 10 heteroatoms. The Morgan fingerprint density at radius 3 is 2.48 bits per heavy atom. The number of halogens is 2. The maximum absolute atomic E-state index is 11.9. The summed E-state index contributed by atoms with van der Waals surface area (Å²) in [6.45, 7) is 1.44. The number of esters is 1. The highest BCUT2D eigenvalue weighted by molar-refractivity contribution is 9.11. The monoisotopic (exact) mass is 447 g/mol. The summed E-state index contributed by atoms with van der Waals surface area (Å²) in [7, 11) is 0. The molecule has 1 aromatic carbocycles. The van der Waals surface area contributed by atoms with Crippen molar-refractivity contribution in [3.63, 3.8) is 0 Å². The van der Waals surface area contributed by atoms with E-state index in [4.69, 9.17) is 14.6 Å². The second kappa shape index (κ2) is 7.55. The highest BCUT2D eigenvalue weighted by Gasteiger charge is 2.21. The van der Waals surface area contributed by atoms with Gasteiger partial charge in [0, 0.05) is 5.56 Å². The predicted octanol–water partition coefficient (Wildman–Crippen LogP) is 2.64. The Morgan fingerprint density at radius 2 is 1.91 bits per heavy atom. The summed E-state index contributed by atoms with van der Waals surface area (Å²) < 4.78 is 11.1. The first-order valence-corrected chi connectivity index (χ1v) is 7.94. The molecule has 0 radical (unpaired) electrons. The second-order valence-corrected chi connectivity index (χ2v) is 5.90. The van der Waals surface area contributed by atoms with Crippen LogP contribution >= 0.6 is 31.9 Å². The molecular formula is C13H11Br2N3O5. The minimum absolute atomic E-state index is 0.0601. The average molecular weight is 449 g/mol. The number of hydrogen-bond acceptors (Lipinski definition) is 6. The number of benzene rings is 1. The zero-order chi connectivity index (χ0) is 17.0. The minimum atomic E-state index is -1.09. The van der Waals surface area contributed by atoms with Crippen molar-refractivity contribution in [2.45, 2.75) is 6.92 Å². The Morgan fingerprint density at radius 1 is 1.26 bits per heavy atom. The van der Waals surface area contributed by atoms with Crippen molar-refractivity contribution >= 4 is 43.8 Å². The van der Waals surface area contributed by atoms with Gasteiger partial charge in [0.2, 0.25) is 0 Å². The minimum Gasteiger partial charge on any atom is -0.480 e. The van der Waals surface area contributed by atoms with Gasteiger partial charge in [0.25, 0.3) is 0 Å². The van der Waals surface area contributed by atoms with E-state index >= 15 is 0 Å². The van der Waals surface area contributed by atoms with Crippen molar-refractivity contribution in [3.05, 3.63) is 26.8 Å². The van der Waals surface area contributed by atoms with Gasteiger partial charge < -0.3 is 14.6 Å². The van der Waals surface area contributed by atoms with E-state index in [1.54, 1.807) is 19.1 Å². The van der Waals surface area contributed by atoms with E-state index in [9.17, 15) is 9.59 Å². The lowest BCUT2D eigenvalue weighted by Crippen LogP contribution is -2.10. The molecule has 0 fully saturated rings. The van der Waals surface area contributed by atoms with Gasteiger partial charge in [-0.1, -0.05) is 0 Å². The van der Waals surface area contributed by atoms with Gasteiger partial charge >= 0.3 is 11.9 Å². The Kier molecular flexibility index (Phi) is 5.72. The molecule has 0 aliphatic heterocycles. The number of aromatic amines is 1. The first-order valence-electron chi connectivity index (χ1n) is 6.36. The number of aromatic nitrogens is 3. The molecule has 8 nitrogen and oxygen atoms in total. The van der Waals surface area contributed by atoms with Gasteiger partial charge in [-0.3, -0.25) is 0 Å². The van der Waals surface area contributed by atoms with Gasteiger partial charge in [-0.2, -0.15) is 10.3 Å².